The molecular formula is C27H28N6O3. The summed E-state index contributed by atoms with van der Waals surface area (Å²) in [6, 6.07) is 9.93. The fraction of sp³-hybridized carbons (Fsp3) is 0.407. The number of benzene rings is 1. The van der Waals surface area contributed by atoms with E-state index in [-0.39, 0.29) is 6.61 Å². The van der Waals surface area contributed by atoms with E-state index in [1.54, 1.807) is 6.20 Å². The molecule has 2 aliphatic heterocycles. The molecule has 3 aliphatic rings. The Morgan fingerprint density at radius 3 is 3.00 bits per heavy atom. The number of aliphatic hydroxyl groups is 1. The van der Waals surface area contributed by atoms with E-state index in [1.807, 2.05) is 31.2 Å². The Balaban J connectivity index is 1.34. The summed E-state index contributed by atoms with van der Waals surface area (Å²) in [5, 5.41) is 26.4. The number of nitriles is 1. The van der Waals surface area contributed by atoms with Crippen LogP contribution in [0, 0.1) is 17.2 Å². The van der Waals surface area contributed by atoms with Crippen LogP contribution in [0.1, 0.15) is 42.1 Å². The number of hydrogen-bond donors (Lipinski definition) is 3. The Morgan fingerprint density at radius 2 is 2.19 bits per heavy atom. The summed E-state index contributed by atoms with van der Waals surface area (Å²) >= 11 is 0. The van der Waals surface area contributed by atoms with Gasteiger partial charge < -0.3 is 25.2 Å². The number of ether oxygens (including phenoxy) is 2. The number of anilines is 3. The van der Waals surface area contributed by atoms with Crippen LogP contribution in [0.25, 0.3) is 11.3 Å². The van der Waals surface area contributed by atoms with Crippen LogP contribution in [-0.4, -0.2) is 46.4 Å². The first-order valence-electron chi connectivity index (χ1n) is 12.3. The van der Waals surface area contributed by atoms with Gasteiger partial charge in [-0.3, -0.25) is 0 Å². The summed E-state index contributed by atoms with van der Waals surface area (Å²) in [5.41, 5.74) is 5.99. The molecule has 3 N–H and O–H groups in total. The molecule has 1 aliphatic carbocycles. The standard InChI is InChI=1S/C27H28N6O3/c1-27(15-34)14-30-24-18(11-28)8-17(9-20(24)27)21-4-6-29-26(32-21)33-23-10-19-13-35-7-5-22(19)31-25(23)36-12-16-2-3-16/h4,6,8-10,16,30,34H,2-3,5,7,12-15H2,1H3,(H,29,32,33)/t27-/m1/s1. The molecule has 0 amide bonds. The molecule has 4 heterocycles. The lowest BCUT2D eigenvalue weighted by molar-refractivity contribution is 0.109. The molecule has 36 heavy (non-hydrogen) atoms. The van der Waals surface area contributed by atoms with Crippen molar-refractivity contribution in [2.75, 3.05) is 37.0 Å². The van der Waals surface area contributed by atoms with Gasteiger partial charge in [-0.2, -0.15) is 5.26 Å². The lowest BCUT2D eigenvalue weighted by atomic mass is 9.83. The van der Waals surface area contributed by atoms with E-state index in [4.69, 9.17) is 19.4 Å². The van der Waals surface area contributed by atoms with Crippen molar-refractivity contribution in [3.63, 3.8) is 0 Å². The van der Waals surface area contributed by atoms with E-state index in [2.05, 4.69) is 21.7 Å². The molecule has 1 aromatic carbocycles. The van der Waals surface area contributed by atoms with Crippen molar-refractivity contribution in [3.8, 4) is 23.2 Å². The van der Waals surface area contributed by atoms with Crippen LogP contribution in [0.3, 0.4) is 0 Å². The molecule has 1 fully saturated rings. The summed E-state index contributed by atoms with van der Waals surface area (Å²) < 4.78 is 11.7. The van der Waals surface area contributed by atoms with Gasteiger partial charge in [0, 0.05) is 35.7 Å². The number of aliphatic hydroxyl groups excluding tert-OH is 1. The molecule has 1 atom stereocenters. The van der Waals surface area contributed by atoms with Gasteiger partial charge in [0.05, 0.1) is 49.1 Å². The fourth-order valence-electron chi connectivity index (χ4n) is 4.71. The van der Waals surface area contributed by atoms with E-state index in [0.717, 1.165) is 34.5 Å². The zero-order valence-electron chi connectivity index (χ0n) is 20.2. The topological polar surface area (TPSA) is 125 Å². The third kappa shape index (κ3) is 4.23. The first-order chi connectivity index (χ1) is 17.6. The quantitative estimate of drug-likeness (QED) is 0.460. The summed E-state index contributed by atoms with van der Waals surface area (Å²) in [5.74, 6) is 1.57. The van der Waals surface area contributed by atoms with Gasteiger partial charge >= 0.3 is 0 Å². The second-order valence-corrected chi connectivity index (χ2v) is 10.0. The minimum atomic E-state index is -0.463. The van der Waals surface area contributed by atoms with Gasteiger partial charge in [0.1, 0.15) is 11.8 Å². The highest BCUT2D eigenvalue weighted by Crippen LogP contribution is 2.41. The Morgan fingerprint density at radius 1 is 1.31 bits per heavy atom. The van der Waals surface area contributed by atoms with Crippen LogP contribution in [0.4, 0.5) is 17.3 Å². The SMILES string of the molecule is C[C@]1(CO)CNc2c(C#N)cc(-c3ccnc(Nc4cc5c(nc4OCC4CC4)CCOC5)n3)cc21. The average molecular weight is 485 g/mol. The summed E-state index contributed by atoms with van der Waals surface area (Å²) in [4.78, 5) is 14.0. The first kappa shape index (κ1) is 22.7. The highest BCUT2D eigenvalue weighted by Gasteiger charge is 2.36. The Labute approximate surface area is 209 Å². The lowest BCUT2D eigenvalue weighted by Crippen LogP contribution is -2.28. The lowest BCUT2D eigenvalue weighted by Gasteiger charge is -2.21. The van der Waals surface area contributed by atoms with Gasteiger partial charge in [-0.05, 0) is 48.6 Å². The molecule has 9 heteroatoms. The van der Waals surface area contributed by atoms with Crippen LogP contribution in [-0.2, 0) is 23.2 Å². The predicted molar refractivity (Wildman–Crippen MR) is 134 cm³/mol. The third-order valence-corrected chi connectivity index (χ3v) is 7.16. The van der Waals surface area contributed by atoms with Crippen molar-refractivity contribution in [1.82, 2.24) is 15.0 Å². The minimum absolute atomic E-state index is 0.0173. The van der Waals surface area contributed by atoms with Crippen molar-refractivity contribution < 1.29 is 14.6 Å². The number of hydrogen-bond acceptors (Lipinski definition) is 9. The molecule has 0 spiro atoms. The maximum atomic E-state index is 10.0. The molecule has 0 unspecified atom stereocenters. The van der Waals surface area contributed by atoms with E-state index in [9.17, 15) is 10.4 Å². The Kier molecular flexibility index (Phi) is 5.70. The highest BCUT2D eigenvalue weighted by atomic mass is 16.5. The fourth-order valence-corrected chi connectivity index (χ4v) is 4.71. The first-order valence-corrected chi connectivity index (χ1v) is 12.3. The predicted octanol–water partition coefficient (Wildman–Crippen LogP) is 3.69. The maximum absolute atomic E-state index is 10.0. The molecule has 0 bridgehead atoms. The van der Waals surface area contributed by atoms with Crippen LogP contribution in [0.15, 0.2) is 30.5 Å². The number of pyridine rings is 1. The van der Waals surface area contributed by atoms with Gasteiger partial charge in [-0.15, -0.1) is 0 Å². The molecule has 3 aromatic rings. The molecular weight excluding hydrogens is 456 g/mol. The van der Waals surface area contributed by atoms with Crippen LogP contribution >= 0.6 is 0 Å². The smallest absolute Gasteiger partial charge is 0.238 e. The Bertz CT molecular complexity index is 1370. The molecule has 0 radical (unpaired) electrons. The molecule has 1 saturated carbocycles. The van der Waals surface area contributed by atoms with Crippen molar-refractivity contribution >= 4 is 17.3 Å². The number of nitrogens with zero attached hydrogens (tertiary/aromatic N) is 4. The normalized spacial score (nSPS) is 20.1. The molecule has 9 nitrogen and oxygen atoms in total. The van der Waals surface area contributed by atoms with Gasteiger partial charge in [-0.25, -0.2) is 15.0 Å². The zero-order valence-corrected chi connectivity index (χ0v) is 20.2. The van der Waals surface area contributed by atoms with E-state index in [1.165, 1.54) is 12.8 Å². The zero-order chi connectivity index (χ0) is 24.7. The number of nitrogens with one attached hydrogen (secondary N) is 2. The minimum Gasteiger partial charge on any atom is -0.476 e. The van der Waals surface area contributed by atoms with E-state index < -0.39 is 5.41 Å². The second kappa shape index (κ2) is 9.04. The van der Waals surface area contributed by atoms with Gasteiger partial charge in [0.2, 0.25) is 11.8 Å². The third-order valence-electron chi connectivity index (χ3n) is 7.16. The number of aromatic nitrogens is 3. The molecule has 6 rings (SSSR count). The van der Waals surface area contributed by atoms with Crippen LogP contribution < -0.4 is 15.4 Å². The molecule has 184 valence electrons. The molecule has 0 saturated heterocycles. The average Bonchev–Trinajstić information content (AvgIpc) is 3.69. The van der Waals surface area contributed by atoms with Crippen LogP contribution in [0.2, 0.25) is 0 Å². The van der Waals surface area contributed by atoms with Crippen molar-refractivity contribution in [2.24, 2.45) is 5.92 Å². The summed E-state index contributed by atoms with van der Waals surface area (Å²) in [7, 11) is 0. The van der Waals surface area contributed by atoms with Crippen molar-refractivity contribution in [3.05, 3.63) is 52.8 Å². The van der Waals surface area contributed by atoms with E-state index in [0.29, 0.717) is 61.1 Å². The monoisotopic (exact) mass is 484 g/mol. The van der Waals surface area contributed by atoms with Crippen LogP contribution in [0.5, 0.6) is 5.88 Å². The van der Waals surface area contributed by atoms with Gasteiger partial charge in [0.25, 0.3) is 0 Å². The summed E-state index contributed by atoms with van der Waals surface area (Å²) in [6.07, 6.45) is 4.85. The number of rotatable bonds is 7. The second-order valence-electron chi connectivity index (χ2n) is 10.0. The summed E-state index contributed by atoms with van der Waals surface area (Å²) in [6.45, 7) is 4.38. The van der Waals surface area contributed by atoms with Crippen molar-refractivity contribution in [1.29, 1.82) is 5.26 Å². The van der Waals surface area contributed by atoms with E-state index >= 15 is 0 Å². The highest BCUT2D eigenvalue weighted by molar-refractivity contribution is 5.76. The number of fused-ring (bicyclic) bond motifs is 2. The van der Waals surface area contributed by atoms with Gasteiger partial charge in [-0.1, -0.05) is 6.92 Å². The Hall–Kier alpha value is -3.74. The maximum Gasteiger partial charge on any atom is 0.238 e. The largest absolute Gasteiger partial charge is 0.476 e. The van der Waals surface area contributed by atoms with Gasteiger partial charge in [0.15, 0.2) is 0 Å². The van der Waals surface area contributed by atoms with Crippen molar-refractivity contribution in [2.45, 2.75) is 38.2 Å². The molecule has 2 aromatic heterocycles.